The number of hydrogen-bond acceptors (Lipinski definition) is 6. The third-order valence-electron chi connectivity index (χ3n) is 9.40. The maximum absolute atomic E-state index is 14.3. The van der Waals surface area contributed by atoms with E-state index >= 15 is 0 Å². The molecule has 5 rings (SSSR count). The van der Waals surface area contributed by atoms with Gasteiger partial charge in [-0.25, -0.2) is 9.78 Å². The Kier molecular flexibility index (Phi) is 11.4. The minimum atomic E-state index is -0.707. The number of hydrogen-bond donors (Lipinski definition) is 3. The molecule has 2 saturated heterocycles. The van der Waals surface area contributed by atoms with Crippen LogP contribution >= 0.6 is 0 Å². The van der Waals surface area contributed by atoms with Gasteiger partial charge in [-0.3, -0.25) is 14.4 Å². The standard InChI is InChI=1S/C37H47N7O4/c1-4-27-13-14-31(22-30(27)23-33(45)41-32-12-7-8-17-39-32)40-34(46)26-44(25-29-11-6-5-10-28(29)24-38-3)35(47)37(2)15-20-43(21-16-37)36(48)42-18-9-19-42/h5-8,10-14,17,22,38H,4,9,15-16,18-21,23-26H2,1-3H3,(H,40,46)(H,39,41,45). The van der Waals surface area contributed by atoms with Crippen LogP contribution in [0.1, 0.15) is 55.4 Å². The lowest BCUT2D eigenvalue weighted by atomic mass is 9.79. The highest BCUT2D eigenvalue weighted by Gasteiger charge is 2.42. The molecule has 0 unspecified atom stereocenters. The van der Waals surface area contributed by atoms with Gasteiger partial charge in [-0.2, -0.15) is 0 Å². The van der Waals surface area contributed by atoms with Gasteiger partial charge in [0.2, 0.25) is 17.7 Å². The van der Waals surface area contributed by atoms with Gasteiger partial charge in [-0.05, 0) is 79.3 Å². The van der Waals surface area contributed by atoms with Crippen molar-refractivity contribution in [1.82, 2.24) is 25.0 Å². The Morgan fingerprint density at radius 2 is 1.54 bits per heavy atom. The SMILES string of the molecule is CCc1ccc(NC(=O)CN(Cc2ccccc2CNC)C(=O)C2(C)CCN(C(=O)N3CCC3)CC2)cc1CC(=O)Nc1ccccn1. The van der Waals surface area contributed by atoms with Gasteiger partial charge < -0.3 is 30.7 Å². The summed E-state index contributed by atoms with van der Waals surface area (Å²) in [4.78, 5) is 63.2. The zero-order valence-corrected chi connectivity index (χ0v) is 28.3. The van der Waals surface area contributed by atoms with Crippen molar-refractivity contribution in [3.63, 3.8) is 0 Å². The van der Waals surface area contributed by atoms with Crippen molar-refractivity contribution < 1.29 is 19.2 Å². The number of aryl methyl sites for hydroxylation is 1. The number of pyridine rings is 1. The summed E-state index contributed by atoms with van der Waals surface area (Å²) in [5.74, 6) is -0.138. The molecule has 1 aromatic heterocycles. The zero-order valence-electron chi connectivity index (χ0n) is 28.3. The minimum absolute atomic E-state index is 0.0515. The van der Waals surface area contributed by atoms with Crippen molar-refractivity contribution in [2.24, 2.45) is 5.41 Å². The molecule has 11 nitrogen and oxygen atoms in total. The van der Waals surface area contributed by atoms with Crippen LogP contribution in [0.4, 0.5) is 16.3 Å². The van der Waals surface area contributed by atoms with E-state index in [2.05, 4.69) is 20.9 Å². The van der Waals surface area contributed by atoms with E-state index < -0.39 is 5.41 Å². The number of aromatic nitrogens is 1. The fraction of sp³-hybridized carbons (Fsp3) is 0.432. The number of amides is 5. The van der Waals surface area contributed by atoms with Crippen LogP contribution in [0.3, 0.4) is 0 Å². The van der Waals surface area contributed by atoms with Gasteiger partial charge in [0.25, 0.3) is 0 Å². The molecule has 2 aliphatic rings. The summed E-state index contributed by atoms with van der Waals surface area (Å²) in [7, 11) is 1.88. The Morgan fingerprint density at radius 1 is 0.833 bits per heavy atom. The number of likely N-dealkylation sites (tertiary alicyclic amines) is 2. The molecule has 2 aliphatic heterocycles. The van der Waals surface area contributed by atoms with Crippen molar-refractivity contribution in [2.75, 3.05) is 50.4 Å². The Balaban J connectivity index is 1.30. The van der Waals surface area contributed by atoms with Crippen LogP contribution in [0.5, 0.6) is 0 Å². The Hall–Kier alpha value is -4.77. The summed E-state index contributed by atoms with van der Waals surface area (Å²) in [5, 5.41) is 9.00. The van der Waals surface area contributed by atoms with Gasteiger partial charge in [0.15, 0.2) is 0 Å². The van der Waals surface area contributed by atoms with Crippen LogP contribution < -0.4 is 16.0 Å². The molecule has 0 aliphatic carbocycles. The molecule has 0 spiro atoms. The molecular formula is C37H47N7O4. The van der Waals surface area contributed by atoms with E-state index in [4.69, 9.17) is 0 Å². The van der Waals surface area contributed by atoms with E-state index in [1.54, 1.807) is 23.2 Å². The molecule has 3 N–H and O–H groups in total. The van der Waals surface area contributed by atoms with Crippen molar-refractivity contribution in [2.45, 2.75) is 59.0 Å². The highest BCUT2D eigenvalue weighted by molar-refractivity contribution is 5.96. The van der Waals surface area contributed by atoms with Crippen LogP contribution in [0.2, 0.25) is 0 Å². The maximum Gasteiger partial charge on any atom is 0.320 e. The van der Waals surface area contributed by atoms with Crippen LogP contribution in [0, 0.1) is 5.41 Å². The molecule has 0 radical (unpaired) electrons. The first-order valence-electron chi connectivity index (χ1n) is 16.9. The molecule has 2 fully saturated rings. The number of rotatable bonds is 12. The molecule has 0 saturated carbocycles. The van der Waals surface area contributed by atoms with Crippen molar-refractivity contribution in [3.8, 4) is 0 Å². The lowest BCUT2D eigenvalue weighted by Crippen LogP contribution is -2.55. The number of anilines is 2. The number of nitrogens with zero attached hydrogens (tertiary/aromatic N) is 4. The fourth-order valence-corrected chi connectivity index (χ4v) is 6.36. The Labute approximate surface area is 283 Å². The van der Waals surface area contributed by atoms with Crippen LogP contribution in [0.15, 0.2) is 66.9 Å². The molecule has 0 bridgehead atoms. The van der Waals surface area contributed by atoms with Crippen LogP contribution in [-0.4, -0.2) is 83.2 Å². The number of carbonyl (C=O) groups excluding carboxylic acids is 4. The largest absolute Gasteiger partial charge is 0.329 e. The predicted octanol–water partition coefficient (Wildman–Crippen LogP) is 4.44. The monoisotopic (exact) mass is 653 g/mol. The average Bonchev–Trinajstić information content (AvgIpc) is 3.05. The average molecular weight is 654 g/mol. The molecule has 48 heavy (non-hydrogen) atoms. The third kappa shape index (κ3) is 8.57. The quantitative estimate of drug-likeness (QED) is 0.265. The topological polar surface area (TPSA) is 127 Å². The Bertz CT molecular complexity index is 1600. The van der Waals surface area contributed by atoms with E-state index in [1.807, 2.05) is 79.2 Å². The lowest BCUT2D eigenvalue weighted by Gasteiger charge is -2.43. The molecule has 2 aromatic carbocycles. The van der Waals surface area contributed by atoms with Crippen LogP contribution in [-0.2, 0) is 40.3 Å². The minimum Gasteiger partial charge on any atom is -0.329 e. The van der Waals surface area contributed by atoms with Crippen molar-refractivity contribution >= 4 is 35.3 Å². The van der Waals surface area contributed by atoms with E-state index in [0.717, 1.165) is 48.2 Å². The first-order valence-corrected chi connectivity index (χ1v) is 16.9. The third-order valence-corrected chi connectivity index (χ3v) is 9.40. The number of carbonyl (C=O) groups is 4. The van der Waals surface area contributed by atoms with E-state index in [1.165, 1.54) is 0 Å². The Morgan fingerprint density at radius 3 is 2.19 bits per heavy atom. The smallest absolute Gasteiger partial charge is 0.320 e. The zero-order chi connectivity index (χ0) is 34.1. The first kappa shape index (κ1) is 34.6. The highest BCUT2D eigenvalue weighted by Crippen LogP contribution is 2.34. The van der Waals surface area contributed by atoms with Gasteiger partial charge in [-0.1, -0.05) is 50.2 Å². The molecule has 3 aromatic rings. The predicted molar refractivity (Wildman–Crippen MR) is 186 cm³/mol. The van der Waals surface area contributed by atoms with Gasteiger partial charge in [0.05, 0.1) is 6.42 Å². The summed E-state index contributed by atoms with van der Waals surface area (Å²) >= 11 is 0. The number of nitrogens with one attached hydrogen (secondary N) is 3. The van der Waals surface area contributed by atoms with Gasteiger partial charge in [-0.15, -0.1) is 0 Å². The summed E-state index contributed by atoms with van der Waals surface area (Å²) in [5.41, 5.74) is 3.70. The van der Waals surface area contributed by atoms with E-state index in [-0.39, 0.29) is 43.3 Å². The van der Waals surface area contributed by atoms with Crippen molar-refractivity contribution in [1.29, 1.82) is 0 Å². The second-order valence-electron chi connectivity index (χ2n) is 13.0. The molecule has 254 valence electrons. The lowest BCUT2D eigenvalue weighted by molar-refractivity contribution is -0.146. The van der Waals surface area contributed by atoms with E-state index in [9.17, 15) is 19.2 Å². The normalized spacial score (nSPS) is 15.3. The summed E-state index contributed by atoms with van der Waals surface area (Å²) in [6.45, 7) is 7.36. The number of piperidine rings is 1. The second-order valence-corrected chi connectivity index (χ2v) is 13.0. The van der Waals surface area contributed by atoms with Gasteiger partial charge in [0.1, 0.15) is 12.4 Å². The summed E-state index contributed by atoms with van der Waals surface area (Å²) in [6.07, 6.45) is 4.58. The van der Waals surface area contributed by atoms with E-state index in [0.29, 0.717) is 44.0 Å². The molecule has 11 heteroatoms. The summed E-state index contributed by atoms with van der Waals surface area (Å²) in [6, 6.07) is 18.9. The molecule has 0 atom stereocenters. The summed E-state index contributed by atoms with van der Waals surface area (Å²) < 4.78 is 0. The molecule has 3 heterocycles. The number of urea groups is 1. The second kappa shape index (κ2) is 15.9. The van der Waals surface area contributed by atoms with Gasteiger partial charge >= 0.3 is 6.03 Å². The van der Waals surface area contributed by atoms with Gasteiger partial charge in [0, 0.05) is 56.6 Å². The first-order chi connectivity index (χ1) is 23.2. The highest BCUT2D eigenvalue weighted by atomic mass is 16.2. The fourth-order valence-electron chi connectivity index (χ4n) is 6.36. The maximum atomic E-state index is 14.3. The van der Waals surface area contributed by atoms with Crippen molar-refractivity contribution in [3.05, 3.63) is 89.1 Å². The molecular weight excluding hydrogens is 606 g/mol. The van der Waals surface area contributed by atoms with Crippen LogP contribution in [0.25, 0.3) is 0 Å². The number of benzene rings is 2. The molecule has 5 amide bonds.